The maximum atomic E-state index is 6.46. The smallest absolute Gasteiger partial charge is 0.164 e. The Morgan fingerprint density at radius 2 is 0.894 bits per heavy atom. The minimum Gasteiger partial charge on any atom is -0.456 e. The van der Waals surface area contributed by atoms with Crippen molar-refractivity contribution in [3.8, 4) is 67.5 Å². The molecule has 7 aromatic carbocycles. The van der Waals surface area contributed by atoms with Crippen molar-refractivity contribution in [1.82, 2.24) is 15.0 Å². The highest BCUT2D eigenvalue weighted by Gasteiger charge is 2.24. The van der Waals surface area contributed by atoms with E-state index in [1.54, 1.807) is 0 Å². The Morgan fingerprint density at radius 3 is 1.68 bits per heavy atom. The van der Waals surface area contributed by atoms with Gasteiger partial charge in [-0.1, -0.05) is 127 Å². The molecule has 47 heavy (non-hydrogen) atoms. The Kier molecular flexibility index (Phi) is 5.54. The summed E-state index contributed by atoms with van der Waals surface area (Å²) >= 11 is 0. The SMILES string of the molecule is c1ccc(-c2cc(-c3nc(-c4ccccc4)nc(-c4ccc5c6c(cccc46)-c4ccccc4-5)n3)c3c(c2)oc2ccccc23)cc1. The first-order chi connectivity index (χ1) is 23.3. The van der Waals surface area contributed by atoms with Gasteiger partial charge in [0.2, 0.25) is 0 Å². The van der Waals surface area contributed by atoms with Crippen molar-refractivity contribution in [2.45, 2.75) is 0 Å². The van der Waals surface area contributed by atoms with Crippen LogP contribution < -0.4 is 0 Å². The number of fused-ring (bicyclic) bond motifs is 6. The molecule has 218 valence electrons. The highest BCUT2D eigenvalue weighted by molar-refractivity contribution is 6.18. The molecule has 0 saturated heterocycles. The molecule has 9 aromatic rings. The quantitative estimate of drug-likeness (QED) is 0.202. The molecule has 4 heteroatoms. The van der Waals surface area contributed by atoms with Gasteiger partial charge in [-0.2, -0.15) is 0 Å². The Hall–Kier alpha value is -6.39. The van der Waals surface area contributed by atoms with Crippen LogP contribution >= 0.6 is 0 Å². The lowest BCUT2D eigenvalue weighted by atomic mass is 9.97. The molecule has 0 radical (unpaired) electrons. The summed E-state index contributed by atoms with van der Waals surface area (Å²) in [6, 6.07) is 52.6. The van der Waals surface area contributed by atoms with Gasteiger partial charge in [0.1, 0.15) is 11.2 Å². The lowest BCUT2D eigenvalue weighted by molar-refractivity contribution is 0.669. The summed E-state index contributed by atoms with van der Waals surface area (Å²) in [6.07, 6.45) is 0. The van der Waals surface area contributed by atoms with Gasteiger partial charge in [-0.3, -0.25) is 0 Å². The number of rotatable bonds is 4. The number of nitrogens with zero attached hydrogens (tertiary/aromatic N) is 3. The normalized spacial score (nSPS) is 11.8. The largest absolute Gasteiger partial charge is 0.456 e. The van der Waals surface area contributed by atoms with Gasteiger partial charge in [-0.25, -0.2) is 15.0 Å². The molecule has 4 nitrogen and oxygen atoms in total. The molecular weight excluding hydrogens is 574 g/mol. The molecule has 10 rings (SSSR count). The van der Waals surface area contributed by atoms with Gasteiger partial charge in [-0.15, -0.1) is 0 Å². The zero-order chi connectivity index (χ0) is 30.9. The van der Waals surface area contributed by atoms with Crippen LogP contribution in [0.2, 0.25) is 0 Å². The third-order valence-corrected chi connectivity index (χ3v) is 9.28. The van der Waals surface area contributed by atoms with E-state index in [-0.39, 0.29) is 0 Å². The van der Waals surface area contributed by atoms with Gasteiger partial charge in [0, 0.05) is 27.5 Å². The Labute approximate surface area is 270 Å². The number of benzene rings is 7. The Balaban J connectivity index is 1.28. The maximum absolute atomic E-state index is 6.46. The second-order valence-corrected chi connectivity index (χ2v) is 12.0. The first-order valence-corrected chi connectivity index (χ1v) is 15.8. The monoisotopic (exact) mass is 599 g/mol. The summed E-state index contributed by atoms with van der Waals surface area (Å²) < 4.78 is 6.46. The molecule has 0 atom stereocenters. The highest BCUT2D eigenvalue weighted by Crippen LogP contribution is 2.49. The van der Waals surface area contributed by atoms with Gasteiger partial charge in [0.05, 0.1) is 0 Å². The predicted octanol–water partition coefficient (Wildman–Crippen LogP) is 11.2. The van der Waals surface area contributed by atoms with Crippen LogP contribution in [0.5, 0.6) is 0 Å². The van der Waals surface area contributed by atoms with Gasteiger partial charge in [-0.05, 0) is 68.4 Å². The van der Waals surface area contributed by atoms with Gasteiger partial charge < -0.3 is 4.42 Å². The summed E-state index contributed by atoms with van der Waals surface area (Å²) in [5.74, 6) is 1.87. The fourth-order valence-corrected chi connectivity index (χ4v) is 7.16. The van der Waals surface area contributed by atoms with Crippen molar-refractivity contribution in [3.05, 3.63) is 152 Å². The second-order valence-electron chi connectivity index (χ2n) is 12.0. The Morgan fingerprint density at radius 1 is 0.319 bits per heavy atom. The van der Waals surface area contributed by atoms with E-state index in [0.717, 1.165) is 55.1 Å². The van der Waals surface area contributed by atoms with Crippen LogP contribution in [0, 0.1) is 0 Å². The van der Waals surface area contributed by atoms with Crippen molar-refractivity contribution < 1.29 is 4.42 Å². The summed E-state index contributed by atoms with van der Waals surface area (Å²) in [5, 5.41) is 4.39. The lowest BCUT2D eigenvalue weighted by Gasteiger charge is -2.13. The van der Waals surface area contributed by atoms with E-state index in [1.165, 1.54) is 27.6 Å². The van der Waals surface area contributed by atoms with E-state index in [0.29, 0.717) is 17.5 Å². The summed E-state index contributed by atoms with van der Waals surface area (Å²) in [4.78, 5) is 15.6. The van der Waals surface area contributed by atoms with E-state index < -0.39 is 0 Å². The first kappa shape index (κ1) is 25.9. The first-order valence-electron chi connectivity index (χ1n) is 15.8. The average Bonchev–Trinajstić information content (AvgIpc) is 3.69. The molecule has 0 bridgehead atoms. The van der Waals surface area contributed by atoms with Crippen molar-refractivity contribution in [3.63, 3.8) is 0 Å². The van der Waals surface area contributed by atoms with Gasteiger partial charge >= 0.3 is 0 Å². The Bertz CT molecular complexity index is 2650. The van der Waals surface area contributed by atoms with E-state index >= 15 is 0 Å². The standard InChI is InChI=1S/C43H25N3O/c1-3-12-26(13-4-1)28-24-36(40-35-18-9-10-21-37(35)47-38(40)25-28)43-45-41(27-14-5-2-6-15-27)44-42(46-43)34-23-22-33-30-17-8-7-16-29(30)31-19-11-20-32(34)39(31)33/h1-25H. The summed E-state index contributed by atoms with van der Waals surface area (Å²) in [6.45, 7) is 0. The van der Waals surface area contributed by atoms with Crippen LogP contribution in [0.3, 0.4) is 0 Å². The molecule has 2 aromatic heterocycles. The van der Waals surface area contributed by atoms with Crippen molar-refractivity contribution in [1.29, 1.82) is 0 Å². The van der Waals surface area contributed by atoms with Crippen LogP contribution in [-0.2, 0) is 0 Å². The van der Waals surface area contributed by atoms with E-state index in [2.05, 4.69) is 109 Å². The maximum Gasteiger partial charge on any atom is 0.164 e. The van der Waals surface area contributed by atoms with Gasteiger partial charge in [0.15, 0.2) is 17.5 Å². The lowest BCUT2D eigenvalue weighted by Crippen LogP contribution is -2.01. The van der Waals surface area contributed by atoms with Crippen LogP contribution in [0.1, 0.15) is 0 Å². The van der Waals surface area contributed by atoms with Crippen LogP contribution in [0.25, 0.3) is 100 Å². The van der Waals surface area contributed by atoms with E-state index in [9.17, 15) is 0 Å². The predicted molar refractivity (Wildman–Crippen MR) is 191 cm³/mol. The second kappa shape index (κ2) is 10.1. The van der Waals surface area contributed by atoms with Crippen molar-refractivity contribution in [2.75, 3.05) is 0 Å². The molecule has 0 spiro atoms. The molecule has 0 N–H and O–H groups in total. The molecule has 1 aliphatic carbocycles. The number of para-hydroxylation sites is 1. The zero-order valence-corrected chi connectivity index (χ0v) is 25.2. The fraction of sp³-hybridized carbons (Fsp3) is 0. The van der Waals surface area contributed by atoms with Crippen LogP contribution in [0.4, 0.5) is 0 Å². The minimum absolute atomic E-state index is 0.606. The number of furan rings is 1. The van der Waals surface area contributed by atoms with E-state index in [1.807, 2.05) is 42.5 Å². The topological polar surface area (TPSA) is 51.8 Å². The van der Waals surface area contributed by atoms with Crippen molar-refractivity contribution in [2.24, 2.45) is 0 Å². The molecule has 0 fully saturated rings. The molecular formula is C43H25N3O. The third kappa shape index (κ3) is 3.98. The summed E-state index contributed by atoms with van der Waals surface area (Å²) in [7, 11) is 0. The molecule has 2 heterocycles. The fourth-order valence-electron chi connectivity index (χ4n) is 7.16. The average molecular weight is 600 g/mol. The highest BCUT2D eigenvalue weighted by atomic mass is 16.3. The molecule has 0 amide bonds. The van der Waals surface area contributed by atoms with Gasteiger partial charge in [0.25, 0.3) is 0 Å². The zero-order valence-electron chi connectivity index (χ0n) is 25.2. The molecule has 1 aliphatic rings. The summed E-state index contributed by atoms with van der Waals surface area (Å²) in [5.41, 5.74) is 11.6. The van der Waals surface area contributed by atoms with Crippen LogP contribution in [-0.4, -0.2) is 15.0 Å². The van der Waals surface area contributed by atoms with Crippen LogP contribution in [0.15, 0.2) is 156 Å². The molecule has 0 unspecified atom stereocenters. The molecule has 0 saturated carbocycles. The number of aromatic nitrogens is 3. The molecule has 0 aliphatic heterocycles. The number of hydrogen-bond acceptors (Lipinski definition) is 4. The third-order valence-electron chi connectivity index (χ3n) is 9.28. The van der Waals surface area contributed by atoms with Crippen molar-refractivity contribution >= 4 is 32.7 Å². The van der Waals surface area contributed by atoms with E-state index in [4.69, 9.17) is 19.4 Å². The minimum atomic E-state index is 0.606. The number of hydrogen-bond donors (Lipinski definition) is 0.